The highest BCUT2D eigenvalue weighted by Gasteiger charge is 2.25. The predicted molar refractivity (Wildman–Crippen MR) is 93.2 cm³/mol. The standard InChI is InChI=1S/C12H11FN6O5S2/c13-6-3-5(1-2-7(6)17-12(22)18-11(14)15)19(26(23)24)9-8(10(20)21)16-4-25-9/h1-4H,(H,20,21)(H,23,24)(H5,14,15,17,18,22). The third-order valence-corrected chi connectivity index (χ3v) is 4.38. The number of carboxylic acid groups (broad SMARTS) is 1. The second kappa shape index (κ2) is 7.85. The first kappa shape index (κ1) is 19.2. The van der Waals surface area contributed by atoms with Gasteiger partial charge in [-0.05, 0) is 12.1 Å². The Labute approximate surface area is 151 Å². The molecule has 0 spiro atoms. The van der Waals surface area contributed by atoms with Crippen molar-refractivity contribution in [2.75, 3.05) is 9.62 Å². The van der Waals surface area contributed by atoms with Crippen LogP contribution in [0.3, 0.4) is 0 Å². The van der Waals surface area contributed by atoms with Crippen LogP contribution < -0.4 is 21.1 Å². The first-order chi connectivity index (χ1) is 12.2. The summed E-state index contributed by atoms with van der Waals surface area (Å²) in [4.78, 5) is 29.3. The number of benzene rings is 1. The van der Waals surface area contributed by atoms with Crippen LogP contribution in [0.5, 0.6) is 0 Å². The van der Waals surface area contributed by atoms with Gasteiger partial charge in [0.1, 0.15) is 10.8 Å². The summed E-state index contributed by atoms with van der Waals surface area (Å²) in [6.45, 7) is 0. The average Bonchev–Trinajstić information content (AvgIpc) is 2.98. The van der Waals surface area contributed by atoms with Gasteiger partial charge in [0.2, 0.25) is 0 Å². The van der Waals surface area contributed by atoms with Gasteiger partial charge in [-0.3, -0.25) is 4.55 Å². The fourth-order valence-electron chi connectivity index (χ4n) is 1.80. The molecule has 1 aromatic heterocycles. The summed E-state index contributed by atoms with van der Waals surface area (Å²) in [5.74, 6) is -2.91. The van der Waals surface area contributed by atoms with Crippen molar-refractivity contribution in [1.29, 1.82) is 0 Å². The van der Waals surface area contributed by atoms with E-state index in [1.165, 1.54) is 11.6 Å². The molecule has 0 bridgehead atoms. The van der Waals surface area contributed by atoms with Crippen LogP contribution in [0.4, 0.5) is 25.6 Å². The van der Waals surface area contributed by atoms with Gasteiger partial charge >= 0.3 is 12.0 Å². The van der Waals surface area contributed by atoms with E-state index in [1.54, 1.807) is 0 Å². The zero-order valence-electron chi connectivity index (χ0n) is 12.6. The quantitative estimate of drug-likeness (QED) is 0.279. The van der Waals surface area contributed by atoms with E-state index in [-0.39, 0.29) is 16.4 Å². The van der Waals surface area contributed by atoms with Crippen LogP contribution in [0.25, 0.3) is 0 Å². The summed E-state index contributed by atoms with van der Waals surface area (Å²) in [6, 6.07) is 2.08. The molecule has 2 aromatic rings. The van der Waals surface area contributed by atoms with E-state index in [0.29, 0.717) is 4.31 Å². The van der Waals surface area contributed by atoms with Crippen molar-refractivity contribution in [3.8, 4) is 0 Å². The van der Waals surface area contributed by atoms with Crippen molar-refractivity contribution in [3.63, 3.8) is 0 Å². The number of nitrogens with two attached hydrogens (primary N) is 2. The predicted octanol–water partition coefficient (Wildman–Crippen LogP) is 1.06. The number of halogens is 1. The largest absolute Gasteiger partial charge is 0.476 e. The zero-order chi connectivity index (χ0) is 19.4. The number of carbonyl (C=O) groups is 2. The van der Waals surface area contributed by atoms with Gasteiger partial charge in [0.15, 0.2) is 11.7 Å². The van der Waals surface area contributed by atoms with Gasteiger partial charge in [0.25, 0.3) is 11.3 Å². The second-order valence-electron chi connectivity index (χ2n) is 4.47. The van der Waals surface area contributed by atoms with E-state index < -0.39 is 40.7 Å². The number of nitrogens with one attached hydrogen (secondary N) is 1. The number of urea groups is 1. The summed E-state index contributed by atoms with van der Waals surface area (Å²) in [5.41, 5.74) is 10.3. The number of aliphatic imine (C=N–C) groups is 1. The van der Waals surface area contributed by atoms with Gasteiger partial charge in [-0.25, -0.2) is 27.5 Å². The minimum absolute atomic E-state index is 0.144. The molecule has 0 aliphatic carbocycles. The molecule has 138 valence electrons. The van der Waals surface area contributed by atoms with Crippen molar-refractivity contribution in [3.05, 3.63) is 35.2 Å². The Kier molecular flexibility index (Phi) is 5.81. The van der Waals surface area contributed by atoms with Gasteiger partial charge in [-0.15, -0.1) is 11.3 Å². The average molecular weight is 402 g/mol. The maximum atomic E-state index is 14.2. The summed E-state index contributed by atoms with van der Waals surface area (Å²) in [6.07, 6.45) is 0. The molecule has 2 amide bonds. The molecule has 0 radical (unpaired) electrons. The van der Waals surface area contributed by atoms with Crippen LogP contribution >= 0.6 is 11.3 Å². The van der Waals surface area contributed by atoms with E-state index in [0.717, 1.165) is 23.5 Å². The van der Waals surface area contributed by atoms with Crippen LogP contribution in [-0.2, 0) is 11.3 Å². The summed E-state index contributed by atoms with van der Waals surface area (Å²) >= 11 is -1.93. The number of aromatic nitrogens is 1. The van der Waals surface area contributed by atoms with Crippen molar-refractivity contribution in [2.45, 2.75) is 0 Å². The van der Waals surface area contributed by atoms with Crippen molar-refractivity contribution in [1.82, 2.24) is 4.98 Å². The lowest BCUT2D eigenvalue weighted by molar-refractivity contribution is 0.0692. The zero-order valence-corrected chi connectivity index (χ0v) is 14.3. The number of thiazole rings is 1. The number of anilines is 3. The third kappa shape index (κ3) is 4.29. The number of amides is 2. The number of guanidine groups is 1. The topological polar surface area (TPSA) is 184 Å². The molecule has 0 aliphatic rings. The van der Waals surface area contributed by atoms with Crippen LogP contribution in [0.15, 0.2) is 28.7 Å². The second-order valence-corrected chi connectivity index (χ2v) is 6.13. The van der Waals surface area contributed by atoms with Crippen molar-refractivity contribution in [2.24, 2.45) is 16.5 Å². The molecule has 1 atom stereocenters. The number of rotatable bonds is 5. The Hall–Kier alpha value is -3.10. The molecule has 0 fully saturated rings. The third-order valence-electron chi connectivity index (χ3n) is 2.75. The summed E-state index contributed by atoms with van der Waals surface area (Å²) in [7, 11) is 0. The molecule has 7 N–H and O–H groups in total. The van der Waals surface area contributed by atoms with E-state index in [4.69, 9.17) is 16.6 Å². The Balaban J connectivity index is 2.40. The van der Waals surface area contributed by atoms with Gasteiger partial charge in [-0.1, -0.05) is 0 Å². The summed E-state index contributed by atoms with van der Waals surface area (Å²) in [5, 5.41) is 11.0. The van der Waals surface area contributed by atoms with Crippen LogP contribution in [-0.4, -0.2) is 36.8 Å². The van der Waals surface area contributed by atoms with Gasteiger partial charge in [-0.2, -0.15) is 4.99 Å². The molecular formula is C12H11FN6O5S2. The molecule has 26 heavy (non-hydrogen) atoms. The van der Waals surface area contributed by atoms with E-state index >= 15 is 0 Å². The number of nitrogens with zero attached hydrogens (tertiary/aromatic N) is 3. The van der Waals surface area contributed by atoms with Gasteiger partial charge in [0.05, 0.1) is 16.9 Å². The van der Waals surface area contributed by atoms with Crippen molar-refractivity contribution < 1.29 is 27.8 Å². The highest BCUT2D eigenvalue weighted by atomic mass is 32.2. The molecule has 1 aromatic carbocycles. The molecule has 2 rings (SSSR count). The van der Waals surface area contributed by atoms with Crippen molar-refractivity contribution >= 4 is 56.9 Å². The maximum absolute atomic E-state index is 14.2. The minimum Gasteiger partial charge on any atom is -0.476 e. The van der Waals surface area contributed by atoms with E-state index in [9.17, 15) is 22.7 Å². The first-order valence-corrected chi connectivity index (χ1v) is 8.43. The van der Waals surface area contributed by atoms with Gasteiger partial charge in [0, 0.05) is 6.07 Å². The van der Waals surface area contributed by atoms with E-state index in [1.807, 2.05) is 0 Å². The maximum Gasteiger partial charge on any atom is 0.357 e. The summed E-state index contributed by atoms with van der Waals surface area (Å²) < 4.78 is 36.0. The molecule has 0 aliphatic heterocycles. The Bertz CT molecular complexity index is 913. The highest BCUT2D eigenvalue weighted by molar-refractivity contribution is 7.81. The van der Waals surface area contributed by atoms with Crippen LogP contribution in [0, 0.1) is 5.82 Å². The molecule has 1 heterocycles. The Morgan fingerprint density at radius 1 is 1.38 bits per heavy atom. The molecular weight excluding hydrogens is 391 g/mol. The number of carboxylic acids is 1. The highest BCUT2D eigenvalue weighted by Crippen LogP contribution is 2.34. The van der Waals surface area contributed by atoms with E-state index in [2.05, 4.69) is 15.3 Å². The van der Waals surface area contributed by atoms with Crippen LogP contribution in [0.1, 0.15) is 10.5 Å². The number of hydrogen-bond acceptors (Lipinski definition) is 5. The number of hydrogen-bond donors (Lipinski definition) is 5. The lowest BCUT2D eigenvalue weighted by Crippen LogP contribution is -2.25. The Morgan fingerprint density at radius 2 is 2.08 bits per heavy atom. The molecule has 0 saturated heterocycles. The fraction of sp³-hybridized carbons (Fsp3) is 0. The number of aromatic carboxylic acids is 1. The number of carbonyl (C=O) groups excluding carboxylic acids is 1. The lowest BCUT2D eigenvalue weighted by Gasteiger charge is -2.19. The Morgan fingerprint density at radius 3 is 2.62 bits per heavy atom. The minimum atomic E-state index is -2.71. The fourth-order valence-corrected chi connectivity index (χ4v) is 3.35. The smallest absolute Gasteiger partial charge is 0.357 e. The molecule has 11 nitrogen and oxygen atoms in total. The molecule has 1 unspecified atom stereocenters. The van der Waals surface area contributed by atoms with Gasteiger partial charge < -0.3 is 21.9 Å². The molecule has 0 saturated carbocycles. The molecule has 14 heteroatoms. The van der Waals surface area contributed by atoms with Crippen LogP contribution in [0.2, 0.25) is 0 Å². The monoisotopic (exact) mass is 402 g/mol. The lowest BCUT2D eigenvalue weighted by atomic mass is 10.2. The normalized spacial score (nSPS) is 11.5. The SMILES string of the molecule is NC(N)=NC(=O)Nc1ccc(N(c2scnc2C(=O)O)S(=O)O)cc1F. The first-order valence-electron chi connectivity index (χ1n) is 6.48.